The molecule has 0 unspecified atom stereocenters. The minimum Gasteiger partial charge on any atom is -0.423 e. The van der Waals surface area contributed by atoms with Crippen molar-refractivity contribution in [3.63, 3.8) is 0 Å². The van der Waals surface area contributed by atoms with E-state index in [1.54, 1.807) is 26.8 Å². The van der Waals surface area contributed by atoms with E-state index in [-0.39, 0.29) is 10.4 Å². The summed E-state index contributed by atoms with van der Waals surface area (Å²) in [7, 11) is -5.65. The number of hydrogen-bond acceptors (Lipinski definition) is 4. The minimum atomic E-state index is -3.82. The molecule has 5 nitrogen and oxygen atoms in total. The Bertz CT molecular complexity index is 591. The second kappa shape index (κ2) is 6.48. The summed E-state index contributed by atoms with van der Waals surface area (Å²) in [6.07, 6.45) is 0.722. The van der Waals surface area contributed by atoms with E-state index < -0.39 is 22.7 Å². The quantitative estimate of drug-likeness (QED) is 0.696. The summed E-state index contributed by atoms with van der Waals surface area (Å²) < 4.78 is 27.5. The first-order valence-electron chi connectivity index (χ1n) is 6.95. The molecule has 0 aliphatic carbocycles. The number of hydrogen-bond donors (Lipinski definition) is 3. The smallest absolute Gasteiger partial charge is 0.423 e. The maximum Gasteiger partial charge on any atom is 0.489 e. The molecule has 21 heavy (non-hydrogen) atoms. The van der Waals surface area contributed by atoms with Crippen LogP contribution in [-0.2, 0) is 16.4 Å². The average Bonchev–Trinajstić information content (AvgIpc) is 2.24. The van der Waals surface area contributed by atoms with E-state index in [9.17, 15) is 18.5 Å². The van der Waals surface area contributed by atoms with Gasteiger partial charge in [-0.25, -0.2) is 13.1 Å². The van der Waals surface area contributed by atoms with Crippen molar-refractivity contribution in [2.75, 3.05) is 0 Å². The predicted molar refractivity (Wildman–Crippen MR) is 84.9 cm³/mol. The van der Waals surface area contributed by atoms with Gasteiger partial charge in [0.05, 0.1) is 4.90 Å². The molecule has 0 aromatic heterocycles. The van der Waals surface area contributed by atoms with Crippen molar-refractivity contribution in [3.8, 4) is 0 Å². The Morgan fingerprint density at radius 2 is 1.81 bits per heavy atom. The number of rotatable bonds is 5. The fourth-order valence-corrected chi connectivity index (χ4v) is 3.79. The van der Waals surface area contributed by atoms with Crippen LogP contribution >= 0.6 is 0 Å². The lowest BCUT2D eigenvalue weighted by Crippen LogP contribution is -2.44. The summed E-state index contributed by atoms with van der Waals surface area (Å²) in [5.41, 5.74) is 0.188. The van der Waals surface area contributed by atoms with Crippen molar-refractivity contribution in [3.05, 3.63) is 23.8 Å². The van der Waals surface area contributed by atoms with Gasteiger partial charge in [0, 0.05) is 11.0 Å². The highest BCUT2D eigenvalue weighted by Crippen LogP contribution is 2.16. The molecule has 0 saturated carbocycles. The van der Waals surface area contributed by atoms with Gasteiger partial charge in [-0.2, -0.15) is 0 Å². The number of nitrogens with one attached hydrogen (secondary N) is 1. The van der Waals surface area contributed by atoms with Crippen LogP contribution in [0.3, 0.4) is 0 Å². The van der Waals surface area contributed by atoms with E-state index in [1.165, 1.54) is 12.1 Å². The van der Waals surface area contributed by atoms with Crippen LogP contribution in [0.4, 0.5) is 0 Å². The first kappa shape index (κ1) is 18.2. The molecule has 0 aliphatic rings. The molecule has 1 rings (SSSR count). The monoisotopic (exact) mass is 313 g/mol. The van der Waals surface area contributed by atoms with Gasteiger partial charge in [-0.15, -0.1) is 0 Å². The molecule has 0 aliphatic heterocycles. The molecular weight excluding hydrogens is 289 g/mol. The first-order valence-corrected chi connectivity index (χ1v) is 8.43. The lowest BCUT2D eigenvalue weighted by atomic mass is 9.79. The molecule has 0 radical (unpaired) electrons. The van der Waals surface area contributed by atoms with Crippen molar-refractivity contribution in [1.29, 1.82) is 0 Å². The fraction of sp³-hybridized carbons (Fsp3) is 0.571. The molecule has 7 heteroatoms. The second-order valence-electron chi connectivity index (χ2n) is 6.70. The Kier molecular flexibility index (Phi) is 5.60. The highest BCUT2D eigenvalue weighted by molar-refractivity contribution is 7.89. The first-order chi connectivity index (χ1) is 9.42. The molecule has 1 aromatic carbocycles. The summed E-state index contributed by atoms with van der Waals surface area (Å²) >= 11 is 0. The highest BCUT2D eigenvalue weighted by atomic mass is 32.2. The summed E-state index contributed by atoms with van der Waals surface area (Å²) in [4.78, 5) is -0.0782. The normalized spacial score (nSPS) is 12.8. The topological polar surface area (TPSA) is 86.6 Å². The van der Waals surface area contributed by atoms with Gasteiger partial charge >= 0.3 is 7.12 Å². The van der Waals surface area contributed by atoms with Crippen LogP contribution in [0, 0.1) is 5.92 Å². The summed E-state index contributed by atoms with van der Waals surface area (Å²) in [5.74, 6) is 0.376. The maximum atomic E-state index is 12.5. The van der Waals surface area contributed by atoms with Gasteiger partial charge in [0.15, 0.2) is 0 Å². The van der Waals surface area contributed by atoms with Gasteiger partial charge in [0.25, 0.3) is 0 Å². The third-order valence-corrected chi connectivity index (χ3v) is 4.54. The summed E-state index contributed by atoms with van der Waals surface area (Å²) in [6, 6.07) is 4.70. The maximum absolute atomic E-state index is 12.5. The van der Waals surface area contributed by atoms with Gasteiger partial charge in [0.1, 0.15) is 0 Å². The van der Waals surface area contributed by atoms with Crippen LogP contribution in [0.2, 0.25) is 0 Å². The molecule has 0 saturated heterocycles. The van der Waals surface area contributed by atoms with Crippen molar-refractivity contribution >= 4 is 22.6 Å². The van der Waals surface area contributed by atoms with E-state index in [2.05, 4.69) is 4.72 Å². The van der Waals surface area contributed by atoms with E-state index in [1.807, 2.05) is 13.8 Å². The van der Waals surface area contributed by atoms with Gasteiger partial charge in [-0.1, -0.05) is 26.0 Å². The van der Waals surface area contributed by atoms with E-state index >= 15 is 0 Å². The Morgan fingerprint density at radius 3 is 2.24 bits per heavy atom. The van der Waals surface area contributed by atoms with Crippen molar-refractivity contribution in [2.24, 2.45) is 5.92 Å². The molecule has 1 aromatic rings. The highest BCUT2D eigenvalue weighted by Gasteiger charge is 2.28. The Balaban J connectivity index is 3.36. The molecule has 0 fully saturated rings. The molecule has 0 atom stereocenters. The van der Waals surface area contributed by atoms with Crippen LogP contribution in [-0.4, -0.2) is 31.1 Å². The van der Waals surface area contributed by atoms with E-state index in [0.717, 1.165) is 12.0 Å². The van der Waals surface area contributed by atoms with Gasteiger partial charge in [0.2, 0.25) is 10.0 Å². The number of benzene rings is 1. The molecule has 0 spiro atoms. The lowest BCUT2D eigenvalue weighted by Gasteiger charge is -2.22. The standard InChI is InChI=1S/C14H24BNO4S/c1-10(2)8-11-6-7-12(15(17)18)13(9-11)21(19,20)16-14(3,4)5/h6-7,9-10,16-18H,8H2,1-5H3. The van der Waals surface area contributed by atoms with Crippen LogP contribution in [0.15, 0.2) is 23.1 Å². The third kappa shape index (κ3) is 5.43. The van der Waals surface area contributed by atoms with Crippen molar-refractivity contribution in [1.82, 2.24) is 4.72 Å². The SMILES string of the molecule is CC(C)Cc1ccc(B(O)O)c(S(=O)(=O)NC(C)(C)C)c1. The predicted octanol–water partition coefficient (Wildman–Crippen LogP) is 0.642. The fourth-order valence-electron chi connectivity index (χ4n) is 2.08. The van der Waals surface area contributed by atoms with Crippen molar-refractivity contribution in [2.45, 2.75) is 51.5 Å². The summed E-state index contributed by atoms with van der Waals surface area (Å²) in [6.45, 7) is 9.28. The van der Waals surface area contributed by atoms with Gasteiger partial charge in [-0.3, -0.25) is 0 Å². The molecular formula is C14H24BNO4S. The Labute approximate surface area is 127 Å². The molecule has 118 valence electrons. The second-order valence-corrected chi connectivity index (χ2v) is 8.35. The zero-order valence-electron chi connectivity index (χ0n) is 13.2. The largest absolute Gasteiger partial charge is 0.489 e. The van der Waals surface area contributed by atoms with Crippen LogP contribution in [0.1, 0.15) is 40.2 Å². The van der Waals surface area contributed by atoms with E-state index in [4.69, 9.17) is 0 Å². The van der Waals surface area contributed by atoms with Gasteiger partial charge in [-0.05, 0) is 44.7 Å². The minimum absolute atomic E-state index is 0.0146. The Morgan fingerprint density at radius 1 is 1.24 bits per heavy atom. The van der Waals surface area contributed by atoms with Crippen LogP contribution < -0.4 is 10.2 Å². The molecule has 0 amide bonds. The summed E-state index contributed by atoms with van der Waals surface area (Å²) in [5, 5.41) is 18.8. The molecule has 0 bridgehead atoms. The van der Waals surface area contributed by atoms with Gasteiger partial charge < -0.3 is 10.0 Å². The van der Waals surface area contributed by atoms with E-state index in [0.29, 0.717) is 5.92 Å². The third-order valence-electron chi connectivity index (χ3n) is 2.73. The molecule has 3 N–H and O–H groups in total. The zero-order valence-corrected chi connectivity index (χ0v) is 14.0. The zero-order chi connectivity index (χ0) is 16.4. The van der Waals surface area contributed by atoms with Crippen LogP contribution in [0.25, 0.3) is 0 Å². The average molecular weight is 313 g/mol. The molecule has 0 heterocycles. The van der Waals surface area contributed by atoms with Crippen molar-refractivity contribution < 1.29 is 18.5 Å². The Hall–Kier alpha value is -0.885. The lowest BCUT2D eigenvalue weighted by molar-refractivity contribution is 0.424. The van der Waals surface area contributed by atoms with Crippen LogP contribution in [0.5, 0.6) is 0 Å². The number of sulfonamides is 1.